The van der Waals surface area contributed by atoms with Crippen molar-refractivity contribution < 1.29 is 67.2 Å². The van der Waals surface area contributed by atoms with Crippen molar-refractivity contribution >= 4 is 52.1 Å². The van der Waals surface area contributed by atoms with Crippen LogP contribution >= 0.6 is 0 Å². The zero-order valence-corrected chi connectivity index (χ0v) is 26.3. The van der Waals surface area contributed by atoms with E-state index in [2.05, 4.69) is 29.3 Å². The Morgan fingerprint density at radius 1 is 0.737 bits per heavy atom. The van der Waals surface area contributed by atoms with E-state index in [1.807, 2.05) is 48.5 Å². The Bertz CT molecular complexity index is 1040. The zero-order chi connectivity index (χ0) is 30.5. The van der Waals surface area contributed by atoms with Gasteiger partial charge in [-0.05, 0) is 19.4 Å². The van der Waals surface area contributed by atoms with Crippen molar-refractivity contribution in [3.05, 3.63) is 11.5 Å². The molecule has 21 heteroatoms. The molecule has 16 nitrogen and oxygen atoms in total. The fourth-order valence-corrected chi connectivity index (χ4v) is 5.96. The van der Waals surface area contributed by atoms with Crippen molar-refractivity contribution in [1.29, 1.82) is 0 Å². The summed E-state index contributed by atoms with van der Waals surface area (Å²) in [7, 11) is -14.6. The van der Waals surface area contributed by atoms with E-state index in [1.165, 1.54) is 6.08 Å². The second kappa shape index (κ2) is 22.1. The van der Waals surface area contributed by atoms with Gasteiger partial charge < -0.3 is 0 Å². The molecule has 0 N–H and O–H groups in total. The van der Waals surface area contributed by atoms with Crippen molar-refractivity contribution in [3.63, 3.8) is 0 Å². The summed E-state index contributed by atoms with van der Waals surface area (Å²) in [4.78, 5) is 0. The Morgan fingerprint density at radius 3 is 1.37 bits per heavy atom. The quantitative estimate of drug-likeness (QED) is 0.334. The summed E-state index contributed by atoms with van der Waals surface area (Å²) in [6, 6.07) is 0. The van der Waals surface area contributed by atoms with Gasteiger partial charge in [0, 0.05) is 0 Å². The molecule has 0 amide bonds. The molecule has 2 atom stereocenters. The number of hydrogen-bond donors (Lipinski definition) is 0. The summed E-state index contributed by atoms with van der Waals surface area (Å²) in [6.07, 6.45) is 2.11. The van der Waals surface area contributed by atoms with Gasteiger partial charge in [-0.15, -0.1) is 0 Å². The lowest BCUT2D eigenvalue weighted by Crippen LogP contribution is -2.28. The minimum absolute atomic E-state index is 0.000772. The first-order valence-corrected chi connectivity index (χ1v) is 18.1. The minimum Gasteiger partial charge on any atom is -0.266 e. The second-order valence-electron chi connectivity index (χ2n) is 5.54. The smallest absolute Gasteiger partial charge is 0.266 e. The molecule has 0 aromatic carbocycles. The fourth-order valence-electron chi connectivity index (χ4n) is 1.50. The highest BCUT2D eigenvalue weighted by Crippen LogP contribution is 2.09. The monoisotopic (exact) mass is 658 g/mol. The van der Waals surface area contributed by atoms with Gasteiger partial charge in [-0.3, -0.25) is 12.5 Å². The van der Waals surface area contributed by atoms with Gasteiger partial charge >= 0.3 is 21.8 Å². The molecule has 0 aromatic heterocycles. The average Bonchev–Trinajstić information content (AvgIpc) is 3.43. The predicted molar refractivity (Wildman–Crippen MR) is 138 cm³/mol. The van der Waals surface area contributed by atoms with Gasteiger partial charge in [-0.1, -0.05) is 41.5 Å². The van der Waals surface area contributed by atoms with Crippen LogP contribution < -0.4 is 0 Å². The summed E-state index contributed by atoms with van der Waals surface area (Å²) >= 11 is -1.45. The highest BCUT2D eigenvalue weighted by atomic mass is 32.3. The standard InChI is InChI=1S/C3H6O4S.C3H6O3S.C3H4O3S.C2H4O6S2.3C2H6/c4-8(5)6-2-1-3-7-8;1-3-2-5-7(4)6-3;4-7(5)3-1-2-6-7;3-9(4)2-10(5,6)8-1-7-9;3*1-2/h1-3H2;3H,2H2,1H3;1,3H,2H2;1-2H2;3*1-2H3. The van der Waals surface area contributed by atoms with E-state index < -0.39 is 64.0 Å². The molecule has 4 aliphatic rings. The van der Waals surface area contributed by atoms with Crippen molar-refractivity contribution in [2.24, 2.45) is 0 Å². The van der Waals surface area contributed by atoms with Gasteiger partial charge in [0.25, 0.3) is 30.4 Å². The highest BCUT2D eigenvalue weighted by Gasteiger charge is 2.29. The van der Waals surface area contributed by atoms with Gasteiger partial charge in [-0.2, -0.15) is 37.9 Å². The molecule has 4 rings (SSSR count). The number of rotatable bonds is 0. The summed E-state index contributed by atoms with van der Waals surface area (Å²) in [5, 5.41) is -0.0486. The van der Waals surface area contributed by atoms with Crippen LogP contribution in [0.5, 0.6) is 0 Å². The van der Waals surface area contributed by atoms with Crippen molar-refractivity contribution in [2.45, 2.75) is 61.0 Å². The minimum atomic E-state index is -3.90. The molecule has 2 unspecified atom stereocenters. The van der Waals surface area contributed by atoms with E-state index in [0.717, 1.165) is 5.41 Å². The molecule has 0 aliphatic carbocycles. The SMILES string of the molecule is CC.CC.CC.CC1COS(=O)O1.O=S1(=O)C=CCO1.O=S1(=O)CS(=O)(=O)OCO1.O=S1(=O)OCCCO1. The summed E-state index contributed by atoms with van der Waals surface area (Å²) in [5.41, 5.74) is 0. The molecule has 3 fully saturated rings. The topological polar surface area (TPSA) is 218 Å². The van der Waals surface area contributed by atoms with E-state index >= 15 is 0 Å². The van der Waals surface area contributed by atoms with Crippen LogP contribution in [0.3, 0.4) is 0 Å². The lowest BCUT2D eigenvalue weighted by Gasteiger charge is -2.11. The van der Waals surface area contributed by atoms with Crippen molar-refractivity contribution in [3.8, 4) is 0 Å². The van der Waals surface area contributed by atoms with Crippen LogP contribution in [0.1, 0.15) is 54.9 Å². The Balaban J connectivity index is -0.000000406. The lowest BCUT2D eigenvalue weighted by molar-refractivity contribution is 0.124. The molecule has 0 aromatic rings. The average molecular weight is 659 g/mol. The molecule has 0 spiro atoms. The molecule has 38 heavy (non-hydrogen) atoms. The van der Waals surface area contributed by atoms with E-state index in [9.17, 15) is 37.9 Å². The van der Waals surface area contributed by atoms with E-state index in [4.69, 9.17) is 0 Å². The molecule has 0 saturated carbocycles. The van der Waals surface area contributed by atoms with Crippen LogP contribution in [0.15, 0.2) is 11.5 Å². The first-order chi connectivity index (χ1) is 17.6. The predicted octanol–water partition coefficient (Wildman–Crippen LogP) is 1.22. The highest BCUT2D eigenvalue weighted by molar-refractivity contribution is 8.04. The van der Waals surface area contributed by atoms with Gasteiger partial charge in [0.15, 0.2) is 6.79 Å². The molecular weight excluding hydrogens is 621 g/mol. The molecule has 0 radical (unpaired) electrons. The molecule has 4 heterocycles. The van der Waals surface area contributed by atoms with Crippen molar-refractivity contribution in [1.82, 2.24) is 0 Å². The molecule has 0 bridgehead atoms. The third-order valence-electron chi connectivity index (χ3n) is 2.72. The summed E-state index contributed by atoms with van der Waals surface area (Å²) < 4.78 is 122. The van der Waals surface area contributed by atoms with Gasteiger partial charge in [0.05, 0.1) is 37.9 Å². The maximum atomic E-state index is 10.4. The summed E-state index contributed by atoms with van der Waals surface area (Å²) in [6.45, 7) is 14.2. The normalized spacial score (nSPS) is 26.5. The van der Waals surface area contributed by atoms with E-state index in [0.29, 0.717) is 13.0 Å². The molecule has 232 valence electrons. The van der Waals surface area contributed by atoms with Crippen LogP contribution in [-0.2, 0) is 81.4 Å². The first-order valence-electron chi connectivity index (χ1n) is 11.2. The van der Waals surface area contributed by atoms with Gasteiger partial charge in [-0.25, -0.2) is 16.7 Å². The first kappa shape index (κ1) is 41.9. The van der Waals surface area contributed by atoms with Crippen LogP contribution in [0.4, 0.5) is 0 Å². The zero-order valence-electron chi connectivity index (χ0n) is 22.3. The molecular formula is C17H38O16S5. The molecule has 3 saturated heterocycles. The Labute approximate surface area is 229 Å². The Kier molecular flexibility index (Phi) is 24.4. The Hall–Kier alpha value is -0.590. The van der Waals surface area contributed by atoms with Crippen LogP contribution in [0.25, 0.3) is 0 Å². The lowest BCUT2D eigenvalue weighted by atomic mass is 10.5. The second-order valence-corrected chi connectivity index (χ2v) is 12.8. The van der Waals surface area contributed by atoms with E-state index in [1.54, 1.807) is 0 Å². The van der Waals surface area contributed by atoms with Gasteiger partial charge in [0.2, 0.25) is 5.08 Å². The Morgan fingerprint density at radius 2 is 1.21 bits per heavy atom. The third-order valence-corrected chi connectivity index (χ3v) is 8.66. The van der Waals surface area contributed by atoms with Gasteiger partial charge in [0.1, 0.15) is 0 Å². The third kappa shape index (κ3) is 24.5. The van der Waals surface area contributed by atoms with Crippen LogP contribution in [0.2, 0.25) is 0 Å². The maximum absolute atomic E-state index is 10.4. The fraction of sp³-hybridized carbons (Fsp3) is 0.882. The van der Waals surface area contributed by atoms with Crippen LogP contribution in [0, 0.1) is 0 Å². The van der Waals surface area contributed by atoms with Crippen LogP contribution in [-0.4, -0.2) is 82.3 Å². The number of hydrogen-bond acceptors (Lipinski definition) is 16. The largest absolute Gasteiger partial charge is 0.399 e. The molecule has 4 aliphatic heterocycles. The van der Waals surface area contributed by atoms with E-state index in [-0.39, 0.29) is 25.9 Å². The maximum Gasteiger partial charge on any atom is 0.399 e. The summed E-state index contributed by atoms with van der Waals surface area (Å²) in [5.74, 6) is 0. The van der Waals surface area contributed by atoms with Crippen molar-refractivity contribution in [2.75, 3.05) is 38.3 Å².